The van der Waals surface area contributed by atoms with Gasteiger partial charge in [0.1, 0.15) is 48.8 Å². The van der Waals surface area contributed by atoms with E-state index in [1.54, 1.807) is 0 Å². The molecule has 0 aromatic heterocycles. The monoisotopic (exact) mass is 498 g/mol. The van der Waals surface area contributed by atoms with Crippen LogP contribution in [0.5, 0.6) is 0 Å². The van der Waals surface area contributed by atoms with Crippen molar-refractivity contribution < 1.29 is 64.6 Å². The molecule has 2 rings (SSSR count). The molecule has 13 heteroatoms. The highest BCUT2D eigenvalue weighted by Crippen LogP contribution is 2.29. The smallest absolute Gasteiger partial charge is 0.303 e. The van der Waals surface area contributed by atoms with Crippen LogP contribution in [-0.4, -0.2) is 128 Å². The van der Waals surface area contributed by atoms with Gasteiger partial charge >= 0.3 is 5.97 Å². The third-order valence-electron chi connectivity index (χ3n) is 6.03. The number of aliphatic carboxylic acids is 1. The second-order valence-corrected chi connectivity index (χ2v) is 8.64. The Morgan fingerprint density at radius 1 is 0.676 bits per heavy atom. The molecule has 0 aromatic carbocycles. The van der Waals surface area contributed by atoms with Crippen LogP contribution in [0.3, 0.4) is 0 Å². The van der Waals surface area contributed by atoms with Gasteiger partial charge in [-0.1, -0.05) is 25.7 Å². The third kappa shape index (κ3) is 8.03. The molecule has 0 bridgehead atoms. The van der Waals surface area contributed by atoms with E-state index in [1.807, 2.05) is 0 Å². The molecule has 34 heavy (non-hydrogen) atoms. The third-order valence-corrected chi connectivity index (χ3v) is 6.03. The fraction of sp³-hybridized carbons (Fsp3) is 0.952. The zero-order valence-corrected chi connectivity index (χ0v) is 19.0. The fourth-order valence-electron chi connectivity index (χ4n) is 3.95. The van der Waals surface area contributed by atoms with Crippen LogP contribution < -0.4 is 0 Å². The van der Waals surface area contributed by atoms with Gasteiger partial charge in [0.05, 0.1) is 13.2 Å². The van der Waals surface area contributed by atoms with Crippen LogP contribution >= 0.6 is 0 Å². The van der Waals surface area contributed by atoms with Gasteiger partial charge in [-0.05, 0) is 12.8 Å². The molecule has 10 atom stereocenters. The normalized spacial score (nSPS) is 38.7. The average molecular weight is 499 g/mol. The molecular weight excluding hydrogens is 460 g/mol. The van der Waals surface area contributed by atoms with Gasteiger partial charge in [-0.15, -0.1) is 0 Å². The number of rotatable bonds is 14. The lowest BCUT2D eigenvalue weighted by Crippen LogP contribution is -2.64. The number of aliphatic hydroxyl groups is 7. The second-order valence-electron chi connectivity index (χ2n) is 8.64. The number of aliphatic hydroxyl groups excluding tert-OH is 7. The summed E-state index contributed by atoms with van der Waals surface area (Å²) in [6, 6.07) is 0. The summed E-state index contributed by atoms with van der Waals surface area (Å²) in [5, 5.41) is 78.2. The lowest BCUT2D eigenvalue weighted by atomic mass is 9.97. The molecule has 0 saturated carbocycles. The highest BCUT2D eigenvalue weighted by Gasteiger charge is 2.50. The highest BCUT2D eigenvalue weighted by molar-refractivity contribution is 5.66. The summed E-state index contributed by atoms with van der Waals surface area (Å²) >= 11 is 0. The summed E-state index contributed by atoms with van der Waals surface area (Å²) in [4.78, 5) is 10.5. The summed E-state index contributed by atoms with van der Waals surface area (Å²) in [5.74, 6) is -0.810. The van der Waals surface area contributed by atoms with E-state index in [9.17, 15) is 40.5 Å². The van der Waals surface area contributed by atoms with E-state index in [-0.39, 0.29) is 13.0 Å². The molecule has 0 aromatic rings. The number of carboxylic acids is 1. The lowest BCUT2D eigenvalue weighted by Gasteiger charge is -2.45. The van der Waals surface area contributed by atoms with Gasteiger partial charge in [-0.25, -0.2) is 0 Å². The summed E-state index contributed by atoms with van der Waals surface area (Å²) in [5.41, 5.74) is 0. The van der Waals surface area contributed by atoms with Gasteiger partial charge in [-0.3, -0.25) is 4.79 Å². The molecule has 2 aliphatic rings. The first-order valence-corrected chi connectivity index (χ1v) is 11.6. The topological polar surface area (TPSA) is 216 Å². The van der Waals surface area contributed by atoms with Gasteiger partial charge in [0.25, 0.3) is 0 Å². The second kappa shape index (κ2) is 14.6. The summed E-state index contributed by atoms with van der Waals surface area (Å²) in [7, 11) is 0. The maximum atomic E-state index is 10.5. The SMILES string of the molecule is O=C(O)CCCCCCCCO[C@@H]1OC(CO)[C@@H](O)[C@H](O)C1O[C@@H]1OC(CO)[C@@H](O)[C@H](O)C1O. The Labute approximate surface area is 197 Å². The zero-order valence-electron chi connectivity index (χ0n) is 19.0. The van der Waals surface area contributed by atoms with Gasteiger partial charge in [0, 0.05) is 13.0 Å². The molecule has 200 valence electrons. The summed E-state index contributed by atoms with van der Waals surface area (Å²) in [6.45, 7) is -1.07. The lowest BCUT2D eigenvalue weighted by molar-refractivity contribution is -0.367. The maximum Gasteiger partial charge on any atom is 0.303 e. The number of carbonyl (C=O) groups is 1. The van der Waals surface area contributed by atoms with Crippen molar-refractivity contribution in [3.05, 3.63) is 0 Å². The Bertz CT molecular complexity index is 591. The molecule has 2 aliphatic heterocycles. The van der Waals surface area contributed by atoms with Crippen LogP contribution in [0.2, 0.25) is 0 Å². The standard InChI is InChI=1S/C21H38O13/c22-9-11-14(26)16(28)18(30)20(32-11)34-19-17(29)15(27)12(10-23)33-21(19)31-8-6-4-2-1-3-5-7-13(24)25/h11-12,14-23,26-30H,1-10H2,(H,24,25)/t11?,12?,14-,15-,16+,17+,18?,19?,20+,21-/m1/s1. The Morgan fingerprint density at radius 3 is 1.79 bits per heavy atom. The van der Waals surface area contributed by atoms with Crippen molar-refractivity contribution in [2.75, 3.05) is 19.8 Å². The van der Waals surface area contributed by atoms with E-state index in [4.69, 9.17) is 24.1 Å². The van der Waals surface area contributed by atoms with Crippen LogP contribution in [0.1, 0.15) is 44.9 Å². The quantitative estimate of drug-likeness (QED) is 0.116. The first-order valence-electron chi connectivity index (χ1n) is 11.6. The number of unbranched alkanes of at least 4 members (excludes halogenated alkanes) is 5. The van der Waals surface area contributed by atoms with Gasteiger partial charge in [0.15, 0.2) is 12.6 Å². The van der Waals surface area contributed by atoms with Gasteiger partial charge < -0.3 is 59.8 Å². The van der Waals surface area contributed by atoms with E-state index in [1.165, 1.54) is 0 Å². The van der Waals surface area contributed by atoms with E-state index >= 15 is 0 Å². The summed E-state index contributed by atoms with van der Waals surface area (Å²) in [6.07, 6.45) is -9.96. The van der Waals surface area contributed by atoms with E-state index in [0.717, 1.165) is 25.7 Å². The van der Waals surface area contributed by atoms with Crippen molar-refractivity contribution in [1.82, 2.24) is 0 Å². The Morgan fingerprint density at radius 2 is 1.21 bits per heavy atom. The Kier molecular flexibility index (Phi) is 12.5. The number of carboxylic acid groups (broad SMARTS) is 1. The minimum atomic E-state index is -1.72. The first-order chi connectivity index (χ1) is 16.2. The van der Waals surface area contributed by atoms with Crippen molar-refractivity contribution in [1.29, 1.82) is 0 Å². The first kappa shape index (κ1) is 29.3. The molecule has 2 fully saturated rings. The predicted octanol–water partition coefficient (Wildman–Crippen LogP) is -2.56. The van der Waals surface area contributed by atoms with Crippen LogP contribution in [0.25, 0.3) is 0 Å². The molecule has 4 unspecified atom stereocenters. The number of hydrogen-bond acceptors (Lipinski definition) is 12. The molecule has 2 heterocycles. The molecule has 13 nitrogen and oxygen atoms in total. The van der Waals surface area contributed by atoms with E-state index in [0.29, 0.717) is 12.8 Å². The van der Waals surface area contributed by atoms with Gasteiger partial charge in [0.2, 0.25) is 0 Å². The predicted molar refractivity (Wildman–Crippen MR) is 112 cm³/mol. The van der Waals surface area contributed by atoms with E-state index < -0.39 is 80.6 Å². The Hall–Kier alpha value is -0.970. The molecule has 0 spiro atoms. The zero-order chi connectivity index (χ0) is 25.3. The molecule has 2 saturated heterocycles. The van der Waals surface area contributed by atoms with Crippen LogP contribution in [0.15, 0.2) is 0 Å². The molecule has 0 radical (unpaired) electrons. The number of hydrogen-bond donors (Lipinski definition) is 8. The number of ether oxygens (including phenoxy) is 4. The van der Waals surface area contributed by atoms with Crippen LogP contribution in [-0.2, 0) is 23.7 Å². The largest absolute Gasteiger partial charge is 0.481 e. The van der Waals surface area contributed by atoms with Crippen molar-refractivity contribution in [2.45, 2.75) is 106 Å². The molecule has 8 N–H and O–H groups in total. The van der Waals surface area contributed by atoms with Crippen LogP contribution in [0, 0.1) is 0 Å². The van der Waals surface area contributed by atoms with Crippen molar-refractivity contribution in [2.24, 2.45) is 0 Å². The summed E-state index contributed by atoms with van der Waals surface area (Å²) < 4.78 is 22.1. The van der Waals surface area contributed by atoms with Crippen molar-refractivity contribution >= 4 is 5.97 Å². The van der Waals surface area contributed by atoms with Crippen LogP contribution in [0.4, 0.5) is 0 Å². The molecule has 0 aliphatic carbocycles. The fourth-order valence-corrected chi connectivity index (χ4v) is 3.95. The Balaban J connectivity index is 1.89. The molecule has 0 amide bonds. The molecular formula is C21H38O13. The van der Waals surface area contributed by atoms with E-state index in [2.05, 4.69) is 0 Å². The maximum absolute atomic E-state index is 10.5. The minimum Gasteiger partial charge on any atom is -0.481 e. The van der Waals surface area contributed by atoms with Crippen molar-refractivity contribution in [3.8, 4) is 0 Å². The highest BCUT2D eigenvalue weighted by atomic mass is 16.8. The van der Waals surface area contributed by atoms with Crippen molar-refractivity contribution in [3.63, 3.8) is 0 Å². The van der Waals surface area contributed by atoms with Gasteiger partial charge in [-0.2, -0.15) is 0 Å². The average Bonchev–Trinajstić information content (AvgIpc) is 2.81. The minimum absolute atomic E-state index is 0.151.